The molecule has 9 heteroatoms. The highest BCUT2D eigenvalue weighted by molar-refractivity contribution is 7.99. The average Bonchev–Trinajstić information content (AvgIpc) is 3.24. The van der Waals surface area contributed by atoms with Gasteiger partial charge in [-0.25, -0.2) is 0 Å². The molecule has 0 bridgehead atoms. The third kappa shape index (κ3) is 4.03. The van der Waals surface area contributed by atoms with Gasteiger partial charge in [-0.3, -0.25) is 9.36 Å². The van der Waals surface area contributed by atoms with Crippen LogP contribution in [-0.2, 0) is 6.54 Å². The fraction of sp³-hybridized carbons (Fsp3) is 0.261. The molecule has 1 aromatic heterocycles. The van der Waals surface area contributed by atoms with Crippen LogP contribution in [0.25, 0.3) is 0 Å². The normalized spacial score (nSPS) is 16.4. The Morgan fingerprint density at radius 3 is 2.69 bits per heavy atom. The summed E-state index contributed by atoms with van der Waals surface area (Å²) in [5.41, 5.74) is 0.567. The van der Waals surface area contributed by atoms with E-state index >= 15 is 0 Å². The highest BCUT2D eigenvalue weighted by Gasteiger charge is 2.28. The van der Waals surface area contributed by atoms with Crippen LogP contribution in [0, 0.1) is 0 Å². The van der Waals surface area contributed by atoms with E-state index in [1.54, 1.807) is 24.3 Å². The second kappa shape index (κ2) is 8.96. The van der Waals surface area contributed by atoms with Gasteiger partial charge >= 0.3 is 0 Å². The van der Waals surface area contributed by atoms with Crippen LogP contribution >= 0.6 is 11.8 Å². The summed E-state index contributed by atoms with van der Waals surface area (Å²) in [6.45, 7) is 5.64. The molecule has 3 aromatic rings. The first-order chi connectivity index (χ1) is 15.7. The van der Waals surface area contributed by atoms with Crippen LogP contribution in [0.3, 0.4) is 0 Å². The van der Waals surface area contributed by atoms with Crippen molar-refractivity contribution in [2.45, 2.75) is 17.8 Å². The number of benzene rings is 2. The van der Waals surface area contributed by atoms with E-state index in [4.69, 9.17) is 18.9 Å². The van der Waals surface area contributed by atoms with Gasteiger partial charge in [0.25, 0.3) is 0 Å². The molecule has 2 aliphatic heterocycles. The van der Waals surface area contributed by atoms with Gasteiger partial charge in [-0.15, -0.1) is 16.8 Å². The van der Waals surface area contributed by atoms with E-state index in [2.05, 4.69) is 16.8 Å². The van der Waals surface area contributed by atoms with Crippen LogP contribution in [0.1, 0.15) is 22.3 Å². The molecule has 164 valence electrons. The zero-order valence-corrected chi connectivity index (χ0v) is 18.0. The molecule has 2 aromatic carbocycles. The van der Waals surface area contributed by atoms with Crippen molar-refractivity contribution in [3.63, 3.8) is 0 Å². The Labute approximate surface area is 189 Å². The molecule has 0 amide bonds. The van der Waals surface area contributed by atoms with Crippen molar-refractivity contribution in [3.8, 4) is 23.0 Å². The lowest BCUT2D eigenvalue weighted by Crippen LogP contribution is -2.25. The maximum atomic E-state index is 12.8. The molecule has 1 atom stereocenters. The monoisotopic (exact) mass is 451 g/mol. The highest BCUT2D eigenvalue weighted by Crippen LogP contribution is 2.36. The first kappa shape index (κ1) is 20.4. The summed E-state index contributed by atoms with van der Waals surface area (Å²) in [5.74, 6) is 3.44. The molecule has 3 heterocycles. The molecule has 0 unspecified atom stereocenters. The van der Waals surface area contributed by atoms with E-state index in [0.717, 1.165) is 0 Å². The maximum Gasteiger partial charge on any atom is 0.192 e. The summed E-state index contributed by atoms with van der Waals surface area (Å²) in [4.78, 5) is 12.8. The summed E-state index contributed by atoms with van der Waals surface area (Å²) >= 11 is 1.32. The molecule has 8 nitrogen and oxygen atoms in total. The molecule has 0 fully saturated rings. The largest absolute Gasteiger partial charge is 0.486 e. The van der Waals surface area contributed by atoms with E-state index in [1.165, 1.54) is 11.8 Å². The van der Waals surface area contributed by atoms with E-state index < -0.39 is 6.10 Å². The predicted octanol–water partition coefficient (Wildman–Crippen LogP) is 3.72. The van der Waals surface area contributed by atoms with Gasteiger partial charge < -0.3 is 18.9 Å². The topological polar surface area (TPSA) is 84.7 Å². The van der Waals surface area contributed by atoms with Gasteiger partial charge in [0.05, 0.1) is 5.75 Å². The Morgan fingerprint density at radius 1 is 1.06 bits per heavy atom. The molecule has 0 saturated heterocycles. The highest BCUT2D eigenvalue weighted by atomic mass is 32.2. The molecule has 0 N–H and O–H groups in total. The fourth-order valence-electron chi connectivity index (χ4n) is 3.52. The lowest BCUT2D eigenvalue weighted by Gasteiger charge is -2.26. The van der Waals surface area contributed by atoms with Crippen LogP contribution in [0.15, 0.2) is 60.3 Å². The molecule has 0 radical (unpaired) electrons. The van der Waals surface area contributed by atoms with Gasteiger partial charge in [-0.1, -0.05) is 30.0 Å². The number of para-hydroxylation sites is 2. The Hall–Kier alpha value is -3.46. The minimum Gasteiger partial charge on any atom is -0.486 e. The Bertz CT molecular complexity index is 1160. The molecule has 2 aliphatic rings. The van der Waals surface area contributed by atoms with E-state index in [-0.39, 0.29) is 11.5 Å². The van der Waals surface area contributed by atoms with Crippen molar-refractivity contribution in [1.29, 1.82) is 0 Å². The molecular weight excluding hydrogens is 430 g/mol. The summed E-state index contributed by atoms with van der Waals surface area (Å²) in [6.07, 6.45) is 1.36. The minimum absolute atomic E-state index is 0.0344. The van der Waals surface area contributed by atoms with Crippen LogP contribution in [-0.4, -0.2) is 46.1 Å². The quantitative estimate of drug-likeness (QED) is 0.305. The number of carbonyl (C=O) groups is 1. The number of hydrogen-bond acceptors (Lipinski definition) is 8. The first-order valence-electron chi connectivity index (χ1n) is 10.2. The van der Waals surface area contributed by atoms with Gasteiger partial charge in [0.2, 0.25) is 0 Å². The third-order valence-corrected chi connectivity index (χ3v) is 6.02. The van der Waals surface area contributed by atoms with E-state index in [0.29, 0.717) is 65.9 Å². The van der Waals surface area contributed by atoms with Gasteiger partial charge in [-0.2, -0.15) is 0 Å². The van der Waals surface area contributed by atoms with Gasteiger partial charge in [-0.05, 0) is 30.3 Å². The van der Waals surface area contributed by atoms with Crippen molar-refractivity contribution in [2.24, 2.45) is 0 Å². The number of ketones is 1. The van der Waals surface area contributed by atoms with Crippen molar-refractivity contribution >= 4 is 17.5 Å². The van der Waals surface area contributed by atoms with Crippen molar-refractivity contribution in [1.82, 2.24) is 14.8 Å². The molecule has 0 spiro atoms. The summed E-state index contributed by atoms with van der Waals surface area (Å²) in [6, 6.07) is 12.8. The summed E-state index contributed by atoms with van der Waals surface area (Å²) in [7, 11) is 0. The third-order valence-electron chi connectivity index (χ3n) is 5.05. The molecule has 5 rings (SSSR count). The number of rotatable bonds is 7. The van der Waals surface area contributed by atoms with Crippen LogP contribution in [0.5, 0.6) is 23.0 Å². The zero-order valence-electron chi connectivity index (χ0n) is 17.2. The number of carbonyl (C=O) groups excluding carboxylic acids is 1. The Morgan fingerprint density at radius 2 is 1.84 bits per heavy atom. The number of aromatic nitrogens is 3. The van der Waals surface area contributed by atoms with E-state index in [1.807, 2.05) is 28.8 Å². The summed E-state index contributed by atoms with van der Waals surface area (Å²) in [5, 5.41) is 9.25. The van der Waals surface area contributed by atoms with Crippen molar-refractivity contribution < 1.29 is 23.7 Å². The second-order valence-electron chi connectivity index (χ2n) is 7.17. The lowest BCUT2D eigenvalue weighted by molar-refractivity contribution is 0.0821. The number of fused-ring (bicyclic) bond motifs is 2. The van der Waals surface area contributed by atoms with Crippen molar-refractivity contribution in [2.75, 3.05) is 25.6 Å². The predicted molar refractivity (Wildman–Crippen MR) is 118 cm³/mol. The number of Topliss-reactive ketones (excluding diaryl/α,β-unsaturated/α-hetero) is 1. The fourth-order valence-corrected chi connectivity index (χ4v) is 4.37. The Kier molecular flexibility index (Phi) is 5.72. The Balaban J connectivity index is 1.31. The van der Waals surface area contributed by atoms with Gasteiger partial charge in [0, 0.05) is 12.1 Å². The molecular formula is C23H21N3O5S. The average molecular weight is 452 g/mol. The number of thioether (sulfide) groups is 1. The van der Waals surface area contributed by atoms with Gasteiger partial charge in [0.1, 0.15) is 19.8 Å². The molecule has 0 saturated carbocycles. The smallest absolute Gasteiger partial charge is 0.192 e. The SMILES string of the molecule is C=CCn1c(SCC(=O)c2ccc3c(c2)OCCO3)nnc1[C@H]1COc2ccccc2O1. The number of hydrogen-bond donors (Lipinski definition) is 0. The van der Waals surface area contributed by atoms with Crippen LogP contribution < -0.4 is 18.9 Å². The van der Waals surface area contributed by atoms with Crippen molar-refractivity contribution in [3.05, 3.63) is 66.5 Å². The lowest BCUT2D eigenvalue weighted by atomic mass is 10.1. The van der Waals surface area contributed by atoms with Crippen LogP contribution in [0.4, 0.5) is 0 Å². The zero-order chi connectivity index (χ0) is 21.9. The summed E-state index contributed by atoms with van der Waals surface area (Å²) < 4.78 is 24.9. The van der Waals surface area contributed by atoms with Gasteiger partial charge in [0.15, 0.2) is 45.9 Å². The minimum atomic E-state index is -0.403. The van der Waals surface area contributed by atoms with E-state index in [9.17, 15) is 4.79 Å². The molecule has 32 heavy (non-hydrogen) atoms. The number of ether oxygens (including phenoxy) is 4. The second-order valence-corrected chi connectivity index (χ2v) is 8.12. The first-order valence-corrected chi connectivity index (χ1v) is 11.2. The standard InChI is InChI=1S/C23H21N3O5S/c1-2-9-26-22(21-13-30-17-5-3-4-6-19(17)31-21)24-25-23(26)32-14-16(27)15-7-8-18-20(12-15)29-11-10-28-18/h2-8,12,21H,1,9-11,13-14H2/t21-/m1/s1. The number of allylic oxidation sites excluding steroid dienone is 1. The van der Waals surface area contributed by atoms with Crippen LogP contribution in [0.2, 0.25) is 0 Å². The molecule has 0 aliphatic carbocycles. The maximum absolute atomic E-state index is 12.8. The number of nitrogens with zero attached hydrogens (tertiary/aromatic N) is 3.